The van der Waals surface area contributed by atoms with E-state index >= 15 is 0 Å². The van der Waals surface area contributed by atoms with Gasteiger partial charge in [-0.2, -0.15) is 0 Å². The van der Waals surface area contributed by atoms with Crippen molar-refractivity contribution in [3.05, 3.63) is 24.0 Å². The fourth-order valence-corrected chi connectivity index (χ4v) is 2.18. The summed E-state index contributed by atoms with van der Waals surface area (Å²) in [5, 5.41) is 2.67. The third-order valence-corrected chi connectivity index (χ3v) is 3.24. The predicted molar refractivity (Wildman–Crippen MR) is 72.1 cm³/mol. The lowest BCUT2D eigenvalue weighted by Crippen LogP contribution is -2.53. The second-order valence-corrected chi connectivity index (χ2v) is 5.20. The summed E-state index contributed by atoms with van der Waals surface area (Å²) in [6.07, 6.45) is 0.203. The molecule has 6 heteroatoms. The maximum atomic E-state index is 13.4. The van der Waals surface area contributed by atoms with E-state index in [1.165, 1.54) is 30.2 Å². The monoisotopic (exact) mass is 280 g/mol. The Morgan fingerprint density at radius 1 is 1.35 bits per heavy atom. The number of hydrogen-bond acceptors (Lipinski definition) is 3. The number of amides is 2. The van der Waals surface area contributed by atoms with Gasteiger partial charge in [0.15, 0.2) is 11.6 Å². The molecule has 0 aromatic heterocycles. The summed E-state index contributed by atoms with van der Waals surface area (Å²) < 4.78 is 18.4. The number of benzene rings is 1. The second-order valence-electron chi connectivity index (χ2n) is 5.20. The maximum absolute atomic E-state index is 13.4. The van der Waals surface area contributed by atoms with Gasteiger partial charge in [0.05, 0.1) is 7.11 Å². The summed E-state index contributed by atoms with van der Waals surface area (Å²) in [4.78, 5) is 25.6. The van der Waals surface area contributed by atoms with Crippen molar-refractivity contribution in [1.29, 1.82) is 0 Å². The van der Waals surface area contributed by atoms with Crippen LogP contribution in [0.1, 0.15) is 20.3 Å². The summed E-state index contributed by atoms with van der Waals surface area (Å²) in [6.45, 7) is 3.54. The Morgan fingerprint density at radius 3 is 2.70 bits per heavy atom. The first kappa shape index (κ1) is 14.3. The number of carbonyl (C=O) groups excluding carboxylic acids is 2. The highest BCUT2D eigenvalue weighted by molar-refractivity contribution is 6.03. The average Bonchev–Trinajstić information content (AvgIpc) is 2.48. The molecule has 108 valence electrons. The Morgan fingerprint density at radius 2 is 2.05 bits per heavy atom. The predicted octanol–water partition coefficient (Wildman–Crippen LogP) is 1.47. The molecule has 5 nitrogen and oxygen atoms in total. The van der Waals surface area contributed by atoms with Crippen LogP contribution in [0.2, 0.25) is 0 Å². The molecule has 1 saturated heterocycles. The van der Waals surface area contributed by atoms with E-state index in [0.29, 0.717) is 5.69 Å². The molecule has 0 saturated carbocycles. The minimum atomic E-state index is -0.991. The van der Waals surface area contributed by atoms with Gasteiger partial charge in [-0.3, -0.25) is 9.59 Å². The van der Waals surface area contributed by atoms with Gasteiger partial charge in [0.2, 0.25) is 5.91 Å². The molecule has 0 atom stereocenters. The van der Waals surface area contributed by atoms with Crippen LogP contribution in [0.3, 0.4) is 0 Å². The third-order valence-electron chi connectivity index (χ3n) is 3.24. The quantitative estimate of drug-likeness (QED) is 0.892. The summed E-state index contributed by atoms with van der Waals surface area (Å²) in [6, 6.07) is 4.20. The molecule has 0 aliphatic carbocycles. The van der Waals surface area contributed by atoms with Crippen LogP contribution in [0, 0.1) is 5.82 Å². The Hall–Kier alpha value is -2.11. The second kappa shape index (κ2) is 5.11. The van der Waals surface area contributed by atoms with Gasteiger partial charge in [-0.15, -0.1) is 0 Å². The maximum Gasteiger partial charge on any atom is 0.252 e. The van der Waals surface area contributed by atoms with Crippen LogP contribution >= 0.6 is 0 Å². The molecule has 1 fully saturated rings. The number of anilines is 1. The Kier molecular flexibility index (Phi) is 3.65. The standard InChI is InChI=1S/C14H17FN2O3/c1-14(2)13(19)17(7-6-12(18)16-14)9-4-5-10(15)11(8-9)20-3/h4-5,8H,6-7H2,1-3H3,(H,16,18). The molecular formula is C14H17FN2O3. The molecule has 1 aromatic carbocycles. The largest absolute Gasteiger partial charge is 0.494 e. The average molecular weight is 280 g/mol. The number of carbonyl (C=O) groups is 2. The molecule has 1 N–H and O–H groups in total. The zero-order valence-corrected chi connectivity index (χ0v) is 11.7. The van der Waals surface area contributed by atoms with E-state index in [1.54, 1.807) is 13.8 Å². The van der Waals surface area contributed by atoms with E-state index < -0.39 is 11.4 Å². The van der Waals surface area contributed by atoms with Crippen molar-refractivity contribution in [2.45, 2.75) is 25.8 Å². The zero-order valence-electron chi connectivity index (χ0n) is 11.7. The van der Waals surface area contributed by atoms with E-state index in [2.05, 4.69) is 5.32 Å². The molecule has 1 heterocycles. The van der Waals surface area contributed by atoms with Crippen molar-refractivity contribution < 1.29 is 18.7 Å². The van der Waals surface area contributed by atoms with Crippen molar-refractivity contribution in [3.63, 3.8) is 0 Å². The van der Waals surface area contributed by atoms with Crippen LogP contribution < -0.4 is 15.0 Å². The van der Waals surface area contributed by atoms with Crippen molar-refractivity contribution in [2.24, 2.45) is 0 Å². The zero-order chi connectivity index (χ0) is 14.9. The van der Waals surface area contributed by atoms with Crippen LogP contribution in [-0.4, -0.2) is 31.0 Å². The first-order valence-corrected chi connectivity index (χ1v) is 6.31. The minimum Gasteiger partial charge on any atom is -0.494 e. The van der Waals surface area contributed by atoms with Crippen LogP contribution in [0.25, 0.3) is 0 Å². The highest BCUT2D eigenvalue weighted by Gasteiger charge is 2.37. The van der Waals surface area contributed by atoms with Crippen molar-refractivity contribution in [3.8, 4) is 5.75 Å². The van der Waals surface area contributed by atoms with E-state index in [4.69, 9.17) is 4.74 Å². The first-order chi connectivity index (χ1) is 9.35. The number of rotatable bonds is 2. The molecule has 0 unspecified atom stereocenters. The van der Waals surface area contributed by atoms with E-state index in [1.807, 2.05) is 0 Å². The topological polar surface area (TPSA) is 58.6 Å². The van der Waals surface area contributed by atoms with Crippen molar-refractivity contribution in [1.82, 2.24) is 5.32 Å². The highest BCUT2D eigenvalue weighted by atomic mass is 19.1. The van der Waals surface area contributed by atoms with Crippen LogP contribution in [0.5, 0.6) is 5.75 Å². The number of hydrogen-bond donors (Lipinski definition) is 1. The van der Waals surface area contributed by atoms with Gasteiger partial charge in [0.25, 0.3) is 5.91 Å². The molecule has 0 bridgehead atoms. The molecule has 0 radical (unpaired) electrons. The van der Waals surface area contributed by atoms with Gasteiger partial charge in [0.1, 0.15) is 5.54 Å². The van der Waals surface area contributed by atoms with E-state index in [-0.39, 0.29) is 30.5 Å². The fourth-order valence-electron chi connectivity index (χ4n) is 2.18. The minimum absolute atomic E-state index is 0.0663. The van der Waals surface area contributed by atoms with Gasteiger partial charge in [-0.1, -0.05) is 0 Å². The smallest absolute Gasteiger partial charge is 0.252 e. The van der Waals surface area contributed by atoms with Crippen molar-refractivity contribution in [2.75, 3.05) is 18.6 Å². The molecule has 1 aliphatic heterocycles. The number of halogens is 1. The molecule has 2 rings (SSSR count). The number of ether oxygens (including phenoxy) is 1. The fraction of sp³-hybridized carbons (Fsp3) is 0.429. The Balaban J connectivity index is 2.40. The SMILES string of the molecule is COc1cc(N2CCC(=O)NC(C)(C)C2=O)ccc1F. The van der Waals surface area contributed by atoms with Gasteiger partial charge >= 0.3 is 0 Å². The number of nitrogens with one attached hydrogen (secondary N) is 1. The lowest BCUT2D eigenvalue weighted by Gasteiger charge is -2.29. The van der Waals surface area contributed by atoms with Crippen molar-refractivity contribution >= 4 is 17.5 Å². The summed E-state index contributed by atoms with van der Waals surface area (Å²) in [7, 11) is 1.36. The van der Waals surface area contributed by atoms with E-state index in [9.17, 15) is 14.0 Å². The van der Waals surface area contributed by atoms with Gasteiger partial charge in [-0.25, -0.2) is 4.39 Å². The van der Waals surface area contributed by atoms with Crippen LogP contribution in [0.4, 0.5) is 10.1 Å². The molecule has 20 heavy (non-hydrogen) atoms. The molecule has 1 aromatic rings. The van der Waals surface area contributed by atoms with E-state index in [0.717, 1.165) is 0 Å². The van der Waals surface area contributed by atoms with Crippen LogP contribution in [0.15, 0.2) is 18.2 Å². The first-order valence-electron chi connectivity index (χ1n) is 6.31. The summed E-state index contributed by atoms with van der Waals surface area (Å²) >= 11 is 0. The van der Waals surface area contributed by atoms with Crippen LogP contribution in [-0.2, 0) is 9.59 Å². The van der Waals surface area contributed by atoms with Gasteiger partial charge < -0.3 is 15.0 Å². The lowest BCUT2D eigenvalue weighted by molar-refractivity contribution is -0.128. The Labute approximate surface area is 116 Å². The highest BCUT2D eigenvalue weighted by Crippen LogP contribution is 2.27. The summed E-state index contributed by atoms with van der Waals surface area (Å²) in [5.74, 6) is -0.847. The summed E-state index contributed by atoms with van der Waals surface area (Å²) in [5.41, 5.74) is -0.479. The third kappa shape index (κ3) is 2.59. The molecule has 0 spiro atoms. The number of methoxy groups -OCH3 is 1. The Bertz CT molecular complexity index is 557. The normalized spacial score (nSPS) is 18.5. The molecular weight excluding hydrogens is 263 g/mol. The number of nitrogens with zero attached hydrogens (tertiary/aromatic N) is 1. The lowest BCUT2D eigenvalue weighted by atomic mass is 10.0. The van der Waals surface area contributed by atoms with Gasteiger partial charge in [-0.05, 0) is 26.0 Å². The van der Waals surface area contributed by atoms with Gasteiger partial charge in [0, 0.05) is 24.7 Å². The molecule has 2 amide bonds. The molecule has 1 aliphatic rings.